The third-order valence-corrected chi connectivity index (χ3v) is 6.38. The lowest BCUT2D eigenvalue weighted by Gasteiger charge is -2.22. The maximum absolute atomic E-state index is 12.6. The summed E-state index contributed by atoms with van der Waals surface area (Å²) in [5.74, 6) is 0.803. The lowest BCUT2D eigenvalue weighted by molar-refractivity contribution is -0.119. The Morgan fingerprint density at radius 1 is 1.06 bits per heavy atom. The van der Waals surface area contributed by atoms with E-state index in [0.29, 0.717) is 6.54 Å². The number of carbonyl (C=O) groups excluding carboxylic acids is 1. The Hall–Kier alpha value is -3.39. The number of carbonyl (C=O) groups is 1. The summed E-state index contributed by atoms with van der Waals surface area (Å²) in [4.78, 5) is 20.1. The third kappa shape index (κ3) is 5.56. The largest absolute Gasteiger partial charge is 0.364 e. The average Bonchev–Trinajstić information content (AvgIpc) is 3.37. The average molecular weight is 477 g/mol. The number of hydrogen-bond acceptors (Lipinski definition) is 6. The normalized spacial score (nSPS) is 11.6. The maximum atomic E-state index is 12.6. The van der Waals surface area contributed by atoms with Crippen molar-refractivity contribution >= 4 is 33.2 Å². The predicted octanol–water partition coefficient (Wildman–Crippen LogP) is 4.98. The number of anilines is 2. The summed E-state index contributed by atoms with van der Waals surface area (Å²) in [6.45, 7) is 9.20. The van der Waals surface area contributed by atoms with Crippen LogP contribution in [0.15, 0.2) is 54.6 Å². The molecule has 34 heavy (non-hydrogen) atoms. The molecule has 0 saturated carbocycles. The van der Waals surface area contributed by atoms with Crippen molar-refractivity contribution in [1.82, 2.24) is 19.9 Å². The van der Waals surface area contributed by atoms with Crippen LogP contribution in [-0.4, -0.2) is 39.6 Å². The predicted molar refractivity (Wildman–Crippen MR) is 141 cm³/mol. The van der Waals surface area contributed by atoms with Crippen molar-refractivity contribution < 1.29 is 4.79 Å². The van der Waals surface area contributed by atoms with E-state index in [0.717, 1.165) is 39.2 Å². The Morgan fingerprint density at radius 3 is 2.38 bits per heavy atom. The minimum Gasteiger partial charge on any atom is -0.364 e. The molecule has 2 heterocycles. The van der Waals surface area contributed by atoms with Crippen molar-refractivity contribution in [3.63, 3.8) is 0 Å². The van der Waals surface area contributed by atoms with Gasteiger partial charge in [-0.15, -0.1) is 5.10 Å². The molecule has 2 aromatic carbocycles. The second kappa shape index (κ2) is 9.85. The number of nitrogens with zero attached hydrogens (tertiary/aromatic N) is 4. The molecule has 0 aliphatic carbocycles. The molecule has 0 radical (unpaired) electrons. The van der Waals surface area contributed by atoms with Crippen LogP contribution >= 0.6 is 11.3 Å². The number of hydrogen-bond donors (Lipinski definition) is 2. The summed E-state index contributed by atoms with van der Waals surface area (Å²) < 4.78 is 1.84. The number of fused-ring (bicyclic) bond motifs is 1. The summed E-state index contributed by atoms with van der Waals surface area (Å²) in [7, 11) is 1.88. The molecule has 0 fully saturated rings. The first-order valence-electron chi connectivity index (χ1n) is 11.5. The van der Waals surface area contributed by atoms with Crippen LogP contribution in [0, 0.1) is 0 Å². The van der Waals surface area contributed by atoms with Crippen molar-refractivity contribution in [1.29, 1.82) is 0 Å². The van der Waals surface area contributed by atoms with Crippen LogP contribution in [-0.2, 0) is 17.8 Å². The van der Waals surface area contributed by atoms with Gasteiger partial charge in [0.2, 0.25) is 16.0 Å². The molecule has 4 rings (SSSR count). The first kappa shape index (κ1) is 23.8. The Morgan fingerprint density at radius 2 is 1.74 bits per heavy atom. The van der Waals surface area contributed by atoms with Crippen molar-refractivity contribution in [2.24, 2.45) is 0 Å². The molecule has 2 aromatic heterocycles. The van der Waals surface area contributed by atoms with E-state index in [1.807, 2.05) is 46.8 Å². The van der Waals surface area contributed by atoms with Crippen molar-refractivity contribution in [2.75, 3.05) is 23.8 Å². The summed E-state index contributed by atoms with van der Waals surface area (Å²) in [5, 5.41) is 12.1. The van der Waals surface area contributed by atoms with Gasteiger partial charge in [0.1, 0.15) is 5.69 Å². The Labute approximate surface area is 204 Å². The molecular formula is C26H32N6OS. The SMILES string of the molecule is CCc1ccc(CNC(=O)CN(C)c2nn3c(NC(C)(C)C)c(-c4ccccc4)nc3s2)cc1. The molecule has 0 aliphatic heterocycles. The van der Waals surface area contributed by atoms with E-state index in [1.165, 1.54) is 16.9 Å². The van der Waals surface area contributed by atoms with E-state index >= 15 is 0 Å². The van der Waals surface area contributed by atoms with Crippen LogP contribution in [0.5, 0.6) is 0 Å². The van der Waals surface area contributed by atoms with Gasteiger partial charge in [-0.05, 0) is 38.3 Å². The van der Waals surface area contributed by atoms with Crippen LogP contribution in [0.2, 0.25) is 0 Å². The van der Waals surface area contributed by atoms with Gasteiger partial charge in [-0.1, -0.05) is 72.9 Å². The Balaban J connectivity index is 1.49. The highest BCUT2D eigenvalue weighted by Gasteiger charge is 2.23. The van der Waals surface area contributed by atoms with Gasteiger partial charge >= 0.3 is 0 Å². The fraction of sp³-hybridized carbons (Fsp3) is 0.346. The molecule has 1 amide bonds. The van der Waals surface area contributed by atoms with Crippen molar-refractivity contribution in [3.05, 3.63) is 65.7 Å². The van der Waals surface area contributed by atoms with E-state index in [2.05, 4.69) is 62.6 Å². The third-order valence-electron chi connectivity index (χ3n) is 5.36. The number of amides is 1. The van der Waals surface area contributed by atoms with Crippen LogP contribution in [0.1, 0.15) is 38.8 Å². The first-order chi connectivity index (χ1) is 16.2. The molecule has 0 saturated heterocycles. The number of nitrogens with one attached hydrogen (secondary N) is 2. The second-order valence-electron chi connectivity index (χ2n) is 9.43. The fourth-order valence-corrected chi connectivity index (χ4v) is 4.45. The van der Waals surface area contributed by atoms with E-state index in [4.69, 9.17) is 10.1 Å². The van der Waals surface area contributed by atoms with Gasteiger partial charge in [0.05, 0.1) is 6.54 Å². The number of imidazole rings is 1. The van der Waals surface area contributed by atoms with Crippen LogP contribution in [0.4, 0.5) is 10.9 Å². The molecule has 0 aliphatic rings. The fourth-order valence-electron chi connectivity index (χ4n) is 3.59. The minimum absolute atomic E-state index is 0.0482. The van der Waals surface area contributed by atoms with Crippen LogP contribution in [0.3, 0.4) is 0 Å². The molecule has 178 valence electrons. The molecule has 0 spiro atoms. The van der Waals surface area contributed by atoms with E-state index < -0.39 is 0 Å². The molecule has 0 atom stereocenters. The number of aryl methyl sites for hydroxylation is 1. The zero-order valence-corrected chi connectivity index (χ0v) is 21.2. The molecule has 7 nitrogen and oxygen atoms in total. The first-order valence-corrected chi connectivity index (χ1v) is 12.3. The summed E-state index contributed by atoms with van der Waals surface area (Å²) in [5.41, 5.74) is 4.12. The molecule has 4 aromatic rings. The molecule has 0 bridgehead atoms. The van der Waals surface area contributed by atoms with Gasteiger partial charge in [0.25, 0.3) is 0 Å². The summed E-state index contributed by atoms with van der Waals surface area (Å²) in [6.07, 6.45) is 1.01. The highest BCUT2D eigenvalue weighted by molar-refractivity contribution is 7.20. The number of aromatic nitrogens is 3. The summed E-state index contributed by atoms with van der Waals surface area (Å²) >= 11 is 1.47. The van der Waals surface area contributed by atoms with Gasteiger partial charge in [0.15, 0.2) is 5.82 Å². The van der Waals surface area contributed by atoms with Gasteiger partial charge in [0, 0.05) is 24.7 Å². The van der Waals surface area contributed by atoms with Gasteiger partial charge in [-0.2, -0.15) is 4.52 Å². The van der Waals surface area contributed by atoms with Crippen molar-refractivity contribution in [2.45, 2.75) is 46.2 Å². The number of rotatable bonds is 8. The van der Waals surface area contributed by atoms with E-state index in [-0.39, 0.29) is 18.0 Å². The second-order valence-corrected chi connectivity index (χ2v) is 10.4. The zero-order valence-electron chi connectivity index (χ0n) is 20.4. The molecular weight excluding hydrogens is 444 g/mol. The van der Waals surface area contributed by atoms with Crippen LogP contribution in [0.25, 0.3) is 16.2 Å². The smallest absolute Gasteiger partial charge is 0.239 e. The topological polar surface area (TPSA) is 74.6 Å². The zero-order chi connectivity index (χ0) is 24.3. The number of likely N-dealkylation sites (N-methyl/N-ethyl adjacent to an activating group) is 1. The van der Waals surface area contributed by atoms with Crippen LogP contribution < -0.4 is 15.5 Å². The summed E-state index contributed by atoms with van der Waals surface area (Å²) in [6, 6.07) is 18.4. The van der Waals surface area contributed by atoms with Crippen molar-refractivity contribution in [3.8, 4) is 11.3 Å². The van der Waals surface area contributed by atoms with Gasteiger partial charge in [-0.3, -0.25) is 4.79 Å². The molecule has 2 N–H and O–H groups in total. The quantitative estimate of drug-likeness (QED) is 0.375. The minimum atomic E-state index is -0.162. The van der Waals surface area contributed by atoms with Gasteiger partial charge < -0.3 is 15.5 Å². The highest BCUT2D eigenvalue weighted by atomic mass is 32.1. The van der Waals surface area contributed by atoms with Gasteiger partial charge in [-0.25, -0.2) is 4.98 Å². The monoisotopic (exact) mass is 476 g/mol. The standard InChI is InChI=1S/C26H32N6OS/c1-6-18-12-14-19(15-13-18)16-27-21(33)17-31(5)25-30-32-23(29-26(2,3)4)22(28-24(32)34-25)20-10-8-7-9-11-20/h7-15,29H,6,16-17H2,1-5H3,(H,27,33). The maximum Gasteiger partial charge on any atom is 0.239 e. The lowest BCUT2D eigenvalue weighted by atomic mass is 10.1. The lowest BCUT2D eigenvalue weighted by Crippen LogP contribution is -2.34. The van der Waals surface area contributed by atoms with E-state index in [9.17, 15) is 4.79 Å². The Kier molecular flexibility index (Phi) is 6.88. The highest BCUT2D eigenvalue weighted by Crippen LogP contribution is 2.34. The molecule has 0 unspecified atom stereocenters. The molecule has 8 heteroatoms. The Bertz CT molecular complexity index is 1250. The van der Waals surface area contributed by atoms with E-state index in [1.54, 1.807) is 0 Å². The number of benzene rings is 2.